The molecule has 158 valence electrons. The molecule has 29 heavy (non-hydrogen) atoms. The van der Waals surface area contributed by atoms with Crippen molar-refractivity contribution in [2.75, 3.05) is 7.11 Å². The van der Waals surface area contributed by atoms with Gasteiger partial charge in [0.15, 0.2) is 0 Å². The Morgan fingerprint density at radius 2 is 1.48 bits per heavy atom. The van der Waals surface area contributed by atoms with Crippen molar-refractivity contribution in [1.29, 1.82) is 0 Å². The van der Waals surface area contributed by atoms with E-state index in [1.165, 1.54) is 31.4 Å². The van der Waals surface area contributed by atoms with E-state index in [-0.39, 0.29) is 12.2 Å². The monoisotopic (exact) mass is 410 g/mol. The zero-order valence-corrected chi connectivity index (χ0v) is 17.2. The molecule has 1 aromatic carbocycles. The molecule has 0 heterocycles. The molecular formula is C21H26BF3O4. The molecule has 0 fully saturated rings. The molecule has 1 aromatic rings. The quantitative estimate of drug-likeness (QED) is 0.241. The highest BCUT2D eigenvalue weighted by atomic mass is 19.4. The smallest absolute Gasteiger partial charge is 0.466 e. The van der Waals surface area contributed by atoms with Gasteiger partial charge in [0.25, 0.3) is 0 Å². The van der Waals surface area contributed by atoms with E-state index >= 15 is 0 Å². The molecule has 0 atom stereocenters. The van der Waals surface area contributed by atoms with Crippen molar-refractivity contribution >= 4 is 19.2 Å². The first kappa shape index (κ1) is 24.7. The van der Waals surface area contributed by atoms with Crippen LogP contribution in [0.2, 0.25) is 0 Å². The van der Waals surface area contributed by atoms with Gasteiger partial charge in [-0.1, -0.05) is 36.4 Å². The van der Waals surface area contributed by atoms with Crippen molar-refractivity contribution in [2.45, 2.75) is 46.1 Å². The average molecular weight is 410 g/mol. The Balaban J connectivity index is 3.25. The number of ether oxygens (including phenoxy) is 1. The first-order valence-electron chi connectivity index (χ1n) is 9.15. The minimum atomic E-state index is -4.40. The molecule has 0 aromatic heterocycles. The summed E-state index contributed by atoms with van der Waals surface area (Å²) in [6.07, 6.45) is 3.01. The fourth-order valence-electron chi connectivity index (χ4n) is 2.21. The molecule has 0 aliphatic rings. The van der Waals surface area contributed by atoms with Crippen molar-refractivity contribution in [3.8, 4) is 0 Å². The van der Waals surface area contributed by atoms with Crippen LogP contribution in [0.15, 0.2) is 54.0 Å². The number of allylic oxidation sites excluding steroid dienone is 4. The Hall–Kier alpha value is -2.32. The number of carbonyl (C=O) groups excluding carboxylic acids is 1. The largest absolute Gasteiger partial charge is 0.494 e. The fourth-order valence-corrected chi connectivity index (χ4v) is 2.21. The van der Waals surface area contributed by atoms with E-state index in [4.69, 9.17) is 9.31 Å². The van der Waals surface area contributed by atoms with Crippen LogP contribution in [0.4, 0.5) is 13.2 Å². The van der Waals surface area contributed by atoms with Crippen molar-refractivity contribution in [3.63, 3.8) is 0 Å². The summed E-state index contributed by atoms with van der Waals surface area (Å²) in [5.41, 5.74) is 0.419. The SMILES string of the molecule is COC(=O)/C=C/C=C/C(=C/c1ccc(C(F)(F)F)cc1)B(OC(C)C)OC(C)C. The molecule has 0 aliphatic carbocycles. The van der Waals surface area contributed by atoms with Crippen molar-refractivity contribution in [1.82, 2.24) is 0 Å². The Kier molecular flexibility index (Phi) is 9.91. The van der Waals surface area contributed by atoms with E-state index in [9.17, 15) is 18.0 Å². The highest BCUT2D eigenvalue weighted by molar-refractivity contribution is 6.56. The molecule has 0 N–H and O–H groups in total. The zero-order chi connectivity index (χ0) is 22.0. The summed E-state index contributed by atoms with van der Waals surface area (Å²) in [6.45, 7) is 7.42. The van der Waals surface area contributed by atoms with Gasteiger partial charge >= 0.3 is 19.3 Å². The van der Waals surface area contributed by atoms with E-state index < -0.39 is 24.8 Å². The zero-order valence-electron chi connectivity index (χ0n) is 17.2. The van der Waals surface area contributed by atoms with Gasteiger partial charge in [-0.05, 0) is 50.9 Å². The average Bonchev–Trinajstić information content (AvgIpc) is 2.62. The first-order valence-corrected chi connectivity index (χ1v) is 9.15. The second kappa shape index (κ2) is 11.6. The number of benzene rings is 1. The lowest BCUT2D eigenvalue weighted by molar-refractivity contribution is -0.137. The predicted molar refractivity (Wildman–Crippen MR) is 108 cm³/mol. The van der Waals surface area contributed by atoms with E-state index in [0.717, 1.165) is 12.1 Å². The number of carbonyl (C=O) groups is 1. The van der Waals surface area contributed by atoms with E-state index in [1.807, 2.05) is 27.7 Å². The predicted octanol–water partition coefficient (Wildman–Crippen LogP) is 5.25. The van der Waals surface area contributed by atoms with Crippen LogP contribution < -0.4 is 0 Å². The molecule has 0 radical (unpaired) electrons. The van der Waals surface area contributed by atoms with Crippen LogP contribution >= 0.6 is 0 Å². The summed E-state index contributed by atoms with van der Waals surface area (Å²) in [6, 6.07) is 4.80. The third kappa shape index (κ3) is 9.63. The molecule has 4 nitrogen and oxygen atoms in total. The topological polar surface area (TPSA) is 44.8 Å². The lowest BCUT2D eigenvalue weighted by atomic mass is 9.75. The van der Waals surface area contributed by atoms with Gasteiger partial charge in [0.05, 0.1) is 12.7 Å². The van der Waals surface area contributed by atoms with Crippen molar-refractivity contribution in [2.24, 2.45) is 0 Å². The van der Waals surface area contributed by atoms with Crippen molar-refractivity contribution in [3.05, 3.63) is 65.2 Å². The number of methoxy groups -OCH3 is 1. The molecule has 0 amide bonds. The summed E-state index contributed by atoms with van der Waals surface area (Å²) in [5, 5.41) is 0. The molecule has 0 spiro atoms. The Morgan fingerprint density at radius 3 is 1.93 bits per heavy atom. The fraction of sp³-hybridized carbons (Fsp3) is 0.381. The third-order valence-corrected chi connectivity index (χ3v) is 3.47. The van der Waals surface area contributed by atoms with E-state index in [0.29, 0.717) is 11.0 Å². The number of hydrogen-bond donors (Lipinski definition) is 0. The lowest BCUT2D eigenvalue weighted by Gasteiger charge is -2.20. The molecule has 0 saturated heterocycles. The third-order valence-electron chi connectivity index (χ3n) is 3.47. The summed E-state index contributed by atoms with van der Waals surface area (Å²) in [5.74, 6) is -0.503. The number of esters is 1. The van der Waals surface area contributed by atoms with Crippen LogP contribution in [0.1, 0.15) is 38.8 Å². The van der Waals surface area contributed by atoms with Gasteiger partial charge in [0, 0.05) is 18.3 Å². The lowest BCUT2D eigenvalue weighted by Crippen LogP contribution is -2.31. The number of rotatable bonds is 9. The van der Waals surface area contributed by atoms with Gasteiger partial charge in [-0.3, -0.25) is 0 Å². The van der Waals surface area contributed by atoms with Crippen molar-refractivity contribution < 1.29 is 32.0 Å². The van der Waals surface area contributed by atoms with Gasteiger partial charge in [0.2, 0.25) is 0 Å². The van der Waals surface area contributed by atoms with Crippen LogP contribution in [0.5, 0.6) is 0 Å². The maximum absolute atomic E-state index is 12.8. The summed E-state index contributed by atoms with van der Waals surface area (Å²) >= 11 is 0. The van der Waals surface area contributed by atoms with Crippen LogP contribution in [0, 0.1) is 0 Å². The Morgan fingerprint density at radius 1 is 0.966 bits per heavy atom. The van der Waals surface area contributed by atoms with Gasteiger partial charge in [-0.15, -0.1) is 0 Å². The number of halogens is 3. The van der Waals surface area contributed by atoms with Gasteiger partial charge in [-0.2, -0.15) is 13.2 Å². The standard InChI is InChI=1S/C21H26BF3O4/c1-15(2)28-22(29-16(3)4)19(8-6-7-9-20(26)27-5)14-17-10-12-18(13-11-17)21(23,24)25/h6-16H,1-5H3/b8-6+,9-7+,19-14-. The van der Waals surface area contributed by atoms with Crippen LogP contribution in [-0.4, -0.2) is 32.4 Å². The molecule has 0 unspecified atom stereocenters. The number of alkyl halides is 3. The molecular weight excluding hydrogens is 384 g/mol. The minimum Gasteiger partial charge on any atom is -0.466 e. The first-order chi connectivity index (χ1) is 13.5. The molecule has 1 rings (SSSR count). The molecule has 0 bridgehead atoms. The van der Waals surface area contributed by atoms with E-state index in [2.05, 4.69) is 4.74 Å². The summed E-state index contributed by atoms with van der Waals surface area (Å²) < 4.78 is 54.6. The Bertz CT molecular complexity index is 725. The van der Waals surface area contributed by atoms with Gasteiger partial charge in [0.1, 0.15) is 0 Å². The maximum atomic E-state index is 12.8. The van der Waals surface area contributed by atoms with E-state index in [1.54, 1.807) is 18.2 Å². The summed E-state index contributed by atoms with van der Waals surface area (Å²) in [7, 11) is 0.537. The Labute approximate surface area is 170 Å². The minimum absolute atomic E-state index is 0.145. The van der Waals surface area contributed by atoms with Gasteiger partial charge in [-0.25, -0.2) is 4.79 Å². The van der Waals surface area contributed by atoms with Crippen LogP contribution in [-0.2, 0) is 25.0 Å². The second-order valence-corrected chi connectivity index (χ2v) is 6.71. The molecule has 0 aliphatic heterocycles. The number of hydrogen-bond acceptors (Lipinski definition) is 4. The van der Waals surface area contributed by atoms with Crippen LogP contribution in [0.25, 0.3) is 6.08 Å². The molecule has 0 saturated carbocycles. The summed E-state index contributed by atoms with van der Waals surface area (Å²) in [4.78, 5) is 11.2. The second-order valence-electron chi connectivity index (χ2n) is 6.71. The maximum Gasteiger partial charge on any atom is 0.494 e. The highest BCUT2D eigenvalue weighted by Gasteiger charge is 2.30. The normalized spacial score (nSPS) is 13.1. The van der Waals surface area contributed by atoms with Crippen LogP contribution in [0.3, 0.4) is 0 Å². The molecule has 8 heteroatoms. The highest BCUT2D eigenvalue weighted by Crippen LogP contribution is 2.29. The van der Waals surface area contributed by atoms with Gasteiger partial charge < -0.3 is 14.0 Å².